The second-order valence-corrected chi connectivity index (χ2v) is 15.8. The van der Waals surface area contributed by atoms with Gasteiger partial charge in [-0.2, -0.15) is 0 Å². The first-order chi connectivity index (χ1) is 19.9. The van der Waals surface area contributed by atoms with Crippen LogP contribution in [0.1, 0.15) is 85.5 Å². The van der Waals surface area contributed by atoms with Crippen LogP contribution in [-0.2, 0) is 23.7 Å². The fourth-order valence-electron chi connectivity index (χ4n) is 11.4. The minimum absolute atomic E-state index is 0.0448. The zero-order chi connectivity index (χ0) is 29.8. The van der Waals surface area contributed by atoms with E-state index < -0.39 is 43.1 Å². The molecular formula is C33H52O9. The molecule has 7 fully saturated rings. The van der Waals surface area contributed by atoms with Crippen molar-refractivity contribution in [2.75, 3.05) is 13.2 Å². The molecule has 4 N–H and O–H groups in total. The van der Waals surface area contributed by atoms with Gasteiger partial charge in [-0.15, -0.1) is 0 Å². The summed E-state index contributed by atoms with van der Waals surface area (Å²) in [5.74, 6) is 2.52. The maximum Gasteiger partial charge on any atom is 0.186 e. The molecule has 7 rings (SSSR count). The SMILES string of the molecule is C[C@@H]1CC[C@@]2(OC1)O[C@H]1C[C@H]3[C@@H]4CC[C@H]5C[C@@H](O[C@@H]6O[C@H](CO)[C@H](O)[C@H](O)[C@H]6O)CC[C@]5(C)[C@H]4CC(=O)[C@]3(C)[C@H]1[C@@H]2C. The number of carbonyl (C=O) groups is 1. The quantitative estimate of drug-likeness (QED) is 0.365. The van der Waals surface area contributed by atoms with Crippen LogP contribution in [0.2, 0.25) is 0 Å². The van der Waals surface area contributed by atoms with Gasteiger partial charge in [0.05, 0.1) is 25.4 Å². The highest BCUT2D eigenvalue weighted by atomic mass is 16.7. The topological polar surface area (TPSA) is 135 Å². The van der Waals surface area contributed by atoms with Crippen molar-refractivity contribution in [3.63, 3.8) is 0 Å². The third-order valence-corrected chi connectivity index (χ3v) is 13.9. The van der Waals surface area contributed by atoms with Gasteiger partial charge >= 0.3 is 0 Å². The van der Waals surface area contributed by atoms with Crippen molar-refractivity contribution in [3.8, 4) is 0 Å². The summed E-state index contributed by atoms with van der Waals surface area (Å²) in [6, 6.07) is 0. The second-order valence-electron chi connectivity index (χ2n) is 15.8. The first-order valence-corrected chi connectivity index (χ1v) is 16.7. The lowest BCUT2D eigenvalue weighted by atomic mass is 9.44. The van der Waals surface area contributed by atoms with Crippen molar-refractivity contribution in [1.82, 2.24) is 0 Å². The van der Waals surface area contributed by atoms with Gasteiger partial charge in [-0.05, 0) is 80.0 Å². The summed E-state index contributed by atoms with van der Waals surface area (Å²) in [5.41, 5.74) is -0.309. The molecule has 7 aliphatic rings. The van der Waals surface area contributed by atoms with Crippen molar-refractivity contribution in [2.24, 2.45) is 52.3 Å². The minimum Gasteiger partial charge on any atom is -0.394 e. The molecule has 0 aromatic rings. The maximum atomic E-state index is 14.3. The van der Waals surface area contributed by atoms with Crippen LogP contribution in [0, 0.1) is 52.3 Å². The molecule has 9 heteroatoms. The van der Waals surface area contributed by atoms with E-state index in [9.17, 15) is 25.2 Å². The highest BCUT2D eigenvalue weighted by Crippen LogP contribution is 2.70. The molecule has 17 atom stereocenters. The van der Waals surface area contributed by atoms with E-state index in [2.05, 4.69) is 27.7 Å². The van der Waals surface area contributed by atoms with Crippen LogP contribution in [0.3, 0.4) is 0 Å². The molecule has 3 saturated heterocycles. The van der Waals surface area contributed by atoms with Gasteiger partial charge in [-0.3, -0.25) is 4.79 Å². The predicted molar refractivity (Wildman–Crippen MR) is 151 cm³/mol. The van der Waals surface area contributed by atoms with E-state index in [0.29, 0.717) is 41.8 Å². The smallest absolute Gasteiger partial charge is 0.186 e. The van der Waals surface area contributed by atoms with Crippen LogP contribution >= 0.6 is 0 Å². The van der Waals surface area contributed by atoms with Crippen LogP contribution in [0.15, 0.2) is 0 Å². The van der Waals surface area contributed by atoms with Gasteiger partial charge in [0.2, 0.25) is 0 Å². The number of rotatable bonds is 3. The lowest BCUT2D eigenvalue weighted by Gasteiger charge is -2.60. The Hall–Kier alpha value is -0.650. The monoisotopic (exact) mass is 592 g/mol. The number of ketones is 1. The summed E-state index contributed by atoms with van der Waals surface area (Å²) in [7, 11) is 0. The summed E-state index contributed by atoms with van der Waals surface area (Å²) in [6.45, 7) is 9.46. The Morgan fingerprint density at radius 1 is 0.952 bits per heavy atom. The number of ether oxygens (including phenoxy) is 4. The van der Waals surface area contributed by atoms with Crippen LogP contribution in [0.5, 0.6) is 0 Å². The summed E-state index contributed by atoms with van der Waals surface area (Å²) < 4.78 is 25.1. The highest BCUT2D eigenvalue weighted by molar-refractivity contribution is 5.87. The molecule has 9 nitrogen and oxygen atoms in total. The molecule has 4 saturated carbocycles. The number of hydrogen-bond acceptors (Lipinski definition) is 9. The van der Waals surface area contributed by atoms with Crippen LogP contribution in [-0.4, -0.2) is 88.1 Å². The molecule has 1 spiro atoms. The Balaban J connectivity index is 1.05. The zero-order valence-electron chi connectivity index (χ0n) is 25.7. The normalized spacial score (nSPS) is 59.2. The summed E-state index contributed by atoms with van der Waals surface area (Å²) in [4.78, 5) is 14.3. The van der Waals surface area contributed by atoms with E-state index in [1.807, 2.05) is 0 Å². The number of hydrogen-bond donors (Lipinski definition) is 4. The van der Waals surface area contributed by atoms with Crippen LogP contribution in [0.4, 0.5) is 0 Å². The molecule has 3 aliphatic heterocycles. The van der Waals surface area contributed by atoms with E-state index in [-0.39, 0.29) is 34.9 Å². The number of Topliss-reactive ketones (excluding diaryl/α,β-unsaturated/α-hetero) is 1. The second kappa shape index (κ2) is 10.4. The first-order valence-electron chi connectivity index (χ1n) is 16.7. The average molecular weight is 593 g/mol. The number of aliphatic hydroxyl groups is 4. The van der Waals surface area contributed by atoms with Crippen molar-refractivity contribution < 1.29 is 44.2 Å². The minimum atomic E-state index is -1.44. The van der Waals surface area contributed by atoms with Gasteiger partial charge in [0, 0.05) is 30.1 Å². The maximum absolute atomic E-state index is 14.3. The lowest BCUT2D eigenvalue weighted by Crippen LogP contribution is -2.60. The van der Waals surface area contributed by atoms with Crippen molar-refractivity contribution in [3.05, 3.63) is 0 Å². The number of carbonyl (C=O) groups excluding carboxylic acids is 1. The van der Waals surface area contributed by atoms with Crippen molar-refractivity contribution >= 4 is 5.78 Å². The van der Waals surface area contributed by atoms with Gasteiger partial charge < -0.3 is 39.4 Å². The van der Waals surface area contributed by atoms with E-state index in [4.69, 9.17) is 18.9 Å². The van der Waals surface area contributed by atoms with Crippen LogP contribution in [0.25, 0.3) is 0 Å². The molecule has 238 valence electrons. The zero-order valence-corrected chi connectivity index (χ0v) is 25.7. The third-order valence-electron chi connectivity index (χ3n) is 13.9. The van der Waals surface area contributed by atoms with E-state index in [0.717, 1.165) is 58.0 Å². The molecule has 0 amide bonds. The average Bonchev–Trinajstić information content (AvgIpc) is 3.42. The highest BCUT2D eigenvalue weighted by Gasteiger charge is 2.71. The fourth-order valence-corrected chi connectivity index (χ4v) is 11.4. The van der Waals surface area contributed by atoms with Gasteiger partial charge in [-0.25, -0.2) is 0 Å². The number of aliphatic hydroxyl groups excluding tert-OH is 4. The molecule has 0 aromatic heterocycles. The largest absolute Gasteiger partial charge is 0.394 e. The Labute approximate surface area is 249 Å². The van der Waals surface area contributed by atoms with E-state index in [1.54, 1.807) is 0 Å². The third kappa shape index (κ3) is 4.20. The van der Waals surface area contributed by atoms with Gasteiger partial charge in [0.25, 0.3) is 0 Å². The summed E-state index contributed by atoms with van der Waals surface area (Å²) in [6.07, 6.45) is 2.04. The standard InChI is InChI=1S/C33H52O9/c1-16-7-10-33(39-15-16)17(2)26-23(42-33)12-22-20-6-5-18-11-19(40-30-29(38)28(37)27(36)24(14-34)41-30)8-9-31(18,3)21(20)13-25(35)32(22,26)4/h16-24,26-30,34,36-38H,5-15H2,1-4H3/t16-,17+,18+,19+,20-,21+,22+,23+,24-,26+,27+,28+,29-,30-,31+,32-,33-/m1/s1. The molecule has 42 heavy (non-hydrogen) atoms. The van der Waals surface area contributed by atoms with E-state index >= 15 is 0 Å². The van der Waals surface area contributed by atoms with Gasteiger partial charge in [-0.1, -0.05) is 27.7 Å². The number of fused-ring (bicyclic) bond motifs is 7. The fraction of sp³-hybridized carbons (Fsp3) is 0.970. The lowest BCUT2D eigenvalue weighted by molar-refractivity contribution is -0.316. The molecular weight excluding hydrogens is 540 g/mol. The Morgan fingerprint density at radius 2 is 1.74 bits per heavy atom. The summed E-state index contributed by atoms with van der Waals surface area (Å²) >= 11 is 0. The Bertz CT molecular complexity index is 1040. The van der Waals surface area contributed by atoms with Crippen molar-refractivity contribution in [1.29, 1.82) is 0 Å². The van der Waals surface area contributed by atoms with Crippen LogP contribution < -0.4 is 0 Å². The Kier molecular flexibility index (Phi) is 7.47. The first kappa shape index (κ1) is 30.0. The van der Waals surface area contributed by atoms with E-state index in [1.165, 1.54) is 0 Å². The van der Waals surface area contributed by atoms with Crippen molar-refractivity contribution in [2.45, 2.75) is 134 Å². The van der Waals surface area contributed by atoms with Gasteiger partial charge in [0.15, 0.2) is 12.1 Å². The molecule has 4 aliphatic carbocycles. The molecule has 0 radical (unpaired) electrons. The summed E-state index contributed by atoms with van der Waals surface area (Å²) in [5, 5.41) is 40.4. The molecule has 0 aromatic carbocycles. The Morgan fingerprint density at radius 3 is 2.45 bits per heavy atom. The molecule has 3 heterocycles. The van der Waals surface area contributed by atoms with Gasteiger partial charge in [0.1, 0.15) is 30.2 Å². The predicted octanol–water partition coefficient (Wildman–Crippen LogP) is 2.80. The molecule has 0 unspecified atom stereocenters. The molecule has 0 bridgehead atoms.